The average Bonchev–Trinajstić information content (AvgIpc) is 2.74. The van der Waals surface area contributed by atoms with Crippen molar-refractivity contribution in [1.29, 1.82) is 0 Å². The fourth-order valence-corrected chi connectivity index (χ4v) is 2.98. The molecular formula is C22H30N4O8. The highest BCUT2D eigenvalue weighted by atomic mass is 16.4. The Labute approximate surface area is 196 Å². The number of carboxylic acid groups (broad SMARTS) is 2. The smallest absolute Gasteiger partial charge is 0.305 e. The molecule has 3 amide bonds. The fraction of sp³-hybridized carbons (Fsp3) is 0.455. The number of amides is 3. The molecule has 0 aromatic heterocycles. The van der Waals surface area contributed by atoms with Crippen molar-refractivity contribution in [2.75, 3.05) is 0 Å². The zero-order chi connectivity index (χ0) is 26.0. The number of hydrogen-bond acceptors (Lipinski definition) is 7. The molecule has 12 heteroatoms. The Balaban J connectivity index is 3.11. The SMILES string of the molecule is CC(=O)[C@H](CC(=O)O)NC(=O)[C@@H](NC(=O)[C@@H](NC(=O)[C@@H](N)CC(=O)O)c1ccccc1)C(C)C. The zero-order valence-electron chi connectivity index (χ0n) is 19.1. The first-order valence-electron chi connectivity index (χ1n) is 10.5. The minimum absolute atomic E-state index is 0.353. The van der Waals surface area contributed by atoms with E-state index in [-0.39, 0.29) is 0 Å². The van der Waals surface area contributed by atoms with Gasteiger partial charge >= 0.3 is 11.9 Å². The van der Waals surface area contributed by atoms with E-state index in [9.17, 15) is 28.8 Å². The average molecular weight is 479 g/mol. The lowest BCUT2D eigenvalue weighted by Gasteiger charge is -2.27. The molecule has 186 valence electrons. The molecule has 4 atom stereocenters. The third-order valence-corrected chi connectivity index (χ3v) is 4.85. The van der Waals surface area contributed by atoms with Crippen LogP contribution < -0.4 is 21.7 Å². The van der Waals surface area contributed by atoms with Crippen LogP contribution in [0.2, 0.25) is 0 Å². The number of ketones is 1. The van der Waals surface area contributed by atoms with Crippen molar-refractivity contribution in [3.63, 3.8) is 0 Å². The minimum atomic E-state index is -1.41. The topological polar surface area (TPSA) is 205 Å². The molecule has 0 saturated heterocycles. The van der Waals surface area contributed by atoms with E-state index in [1.807, 2.05) is 0 Å². The lowest BCUT2D eigenvalue weighted by molar-refractivity contribution is -0.141. The molecule has 1 rings (SSSR count). The van der Waals surface area contributed by atoms with Crippen LogP contribution in [0.25, 0.3) is 0 Å². The van der Waals surface area contributed by atoms with E-state index < -0.39 is 78.4 Å². The van der Waals surface area contributed by atoms with Crippen LogP contribution in [0.3, 0.4) is 0 Å². The van der Waals surface area contributed by atoms with Crippen molar-refractivity contribution in [2.24, 2.45) is 11.7 Å². The van der Waals surface area contributed by atoms with Gasteiger partial charge in [0.05, 0.1) is 24.9 Å². The minimum Gasteiger partial charge on any atom is -0.481 e. The Kier molecular flexibility index (Phi) is 10.8. The number of nitrogens with two attached hydrogens (primary N) is 1. The number of hydrogen-bond donors (Lipinski definition) is 6. The summed E-state index contributed by atoms with van der Waals surface area (Å²) < 4.78 is 0. The maximum atomic E-state index is 13.1. The summed E-state index contributed by atoms with van der Waals surface area (Å²) in [6, 6.07) is 2.88. The Morgan fingerprint density at radius 2 is 1.38 bits per heavy atom. The summed E-state index contributed by atoms with van der Waals surface area (Å²) in [5.74, 6) is -6.04. The Bertz CT molecular complexity index is 919. The maximum Gasteiger partial charge on any atom is 0.305 e. The Morgan fingerprint density at radius 3 is 1.85 bits per heavy atom. The van der Waals surface area contributed by atoms with E-state index in [4.69, 9.17) is 15.9 Å². The molecule has 0 aliphatic rings. The van der Waals surface area contributed by atoms with Gasteiger partial charge in [-0.15, -0.1) is 0 Å². The summed E-state index contributed by atoms with van der Waals surface area (Å²) in [6.45, 7) is 4.39. The van der Waals surface area contributed by atoms with Crippen molar-refractivity contribution in [2.45, 2.75) is 57.8 Å². The monoisotopic (exact) mass is 478 g/mol. The molecule has 0 saturated carbocycles. The normalized spacial score (nSPS) is 14.3. The summed E-state index contributed by atoms with van der Waals surface area (Å²) in [4.78, 5) is 71.9. The van der Waals surface area contributed by atoms with Gasteiger partial charge in [0.2, 0.25) is 17.7 Å². The number of carbonyl (C=O) groups is 6. The first-order chi connectivity index (χ1) is 15.8. The van der Waals surface area contributed by atoms with Crippen LogP contribution in [0.1, 0.15) is 45.2 Å². The second-order valence-electron chi connectivity index (χ2n) is 8.06. The molecule has 0 unspecified atom stereocenters. The standard InChI is InChI=1S/C22H30N4O8/c1-11(2)18(21(33)24-15(12(3)27)10-17(30)31)25-22(34)19(13-7-5-4-6-8-13)26-20(32)14(23)9-16(28)29/h4-8,11,14-15,18-19H,9-10,23H2,1-3H3,(H,24,33)(H,25,34)(H,26,32)(H,28,29)(H,30,31)/t14-,15-,18-,19-/m0/s1. The van der Waals surface area contributed by atoms with Gasteiger partial charge in [0.25, 0.3) is 0 Å². The van der Waals surface area contributed by atoms with Gasteiger partial charge in [-0.2, -0.15) is 0 Å². The van der Waals surface area contributed by atoms with Crippen molar-refractivity contribution < 1.29 is 39.0 Å². The fourth-order valence-electron chi connectivity index (χ4n) is 2.98. The summed E-state index contributed by atoms with van der Waals surface area (Å²) in [5, 5.41) is 25.1. The van der Waals surface area contributed by atoms with Gasteiger partial charge in [-0.05, 0) is 18.4 Å². The number of Topliss-reactive ketones (excluding diaryl/α,β-unsaturated/α-hetero) is 1. The molecule has 0 aliphatic carbocycles. The van der Waals surface area contributed by atoms with Crippen molar-refractivity contribution >= 4 is 35.4 Å². The van der Waals surface area contributed by atoms with E-state index in [2.05, 4.69) is 16.0 Å². The predicted molar refractivity (Wildman–Crippen MR) is 119 cm³/mol. The molecule has 0 aliphatic heterocycles. The first-order valence-corrected chi connectivity index (χ1v) is 10.5. The second-order valence-corrected chi connectivity index (χ2v) is 8.06. The second kappa shape index (κ2) is 13.0. The lowest BCUT2D eigenvalue weighted by Crippen LogP contribution is -2.56. The number of aliphatic carboxylic acids is 2. The Hall–Kier alpha value is -3.80. The van der Waals surface area contributed by atoms with Crippen LogP contribution in [-0.4, -0.2) is 63.8 Å². The van der Waals surface area contributed by atoms with Crippen LogP contribution in [-0.2, 0) is 28.8 Å². The van der Waals surface area contributed by atoms with Crippen molar-refractivity contribution in [3.8, 4) is 0 Å². The van der Waals surface area contributed by atoms with Gasteiger partial charge in [0.1, 0.15) is 12.1 Å². The molecule has 7 N–H and O–H groups in total. The van der Waals surface area contributed by atoms with E-state index in [1.165, 1.54) is 0 Å². The largest absolute Gasteiger partial charge is 0.481 e. The summed E-state index contributed by atoms with van der Waals surface area (Å²) >= 11 is 0. The van der Waals surface area contributed by atoms with Crippen LogP contribution in [0.5, 0.6) is 0 Å². The Morgan fingerprint density at radius 1 is 0.824 bits per heavy atom. The predicted octanol–water partition coefficient (Wildman–Crippen LogP) is -0.665. The van der Waals surface area contributed by atoms with Crippen LogP contribution in [0.15, 0.2) is 30.3 Å². The van der Waals surface area contributed by atoms with Gasteiger partial charge in [-0.3, -0.25) is 28.8 Å². The van der Waals surface area contributed by atoms with Crippen LogP contribution in [0, 0.1) is 5.92 Å². The van der Waals surface area contributed by atoms with Crippen LogP contribution in [0.4, 0.5) is 0 Å². The van der Waals surface area contributed by atoms with E-state index in [0.717, 1.165) is 6.92 Å². The third-order valence-electron chi connectivity index (χ3n) is 4.85. The maximum absolute atomic E-state index is 13.1. The number of nitrogens with one attached hydrogen (secondary N) is 3. The number of rotatable bonds is 13. The highest BCUT2D eigenvalue weighted by Gasteiger charge is 2.32. The first kappa shape index (κ1) is 28.2. The highest BCUT2D eigenvalue weighted by Crippen LogP contribution is 2.15. The van der Waals surface area contributed by atoms with Crippen molar-refractivity contribution in [3.05, 3.63) is 35.9 Å². The third kappa shape index (κ3) is 8.98. The molecule has 0 bridgehead atoms. The summed E-state index contributed by atoms with van der Waals surface area (Å²) in [5.41, 5.74) is 5.95. The number of carboxylic acids is 2. The van der Waals surface area contributed by atoms with Gasteiger partial charge in [0.15, 0.2) is 5.78 Å². The molecule has 0 fully saturated rings. The number of benzene rings is 1. The van der Waals surface area contributed by atoms with Gasteiger partial charge in [-0.1, -0.05) is 44.2 Å². The van der Waals surface area contributed by atoms with E-state index in [0.29, 0.717) is 5.56 Å². The molecule has 0 radical (unpaired) electrons. The molecule has 1 aromatic carbocycles. The van der Waals surface area contributed by atoms with Gasteiger partial charge < -0.3 is 31.9 Å². The number of carbonyl (C=O) groups excluding carboxylic acids is 4. The molecule has 0 heterocycles. The molecule has 1 aromatic rings. The molecule has 0 spiro atoms. The van der Waals surface area contributed by atoms with Crippen molar-refractivity contribution in [1.82, 2.24) is 16.0 Å². The summed E-state index contributed by atoms with van der Waals surface area (Å²) in [7, 11) is 0. The van der Waals surface area contributed by atoms with Gasteiger partial charge in [0, 0.05) is 0 Å². The van der Waals surface area contributed by atoms with Crippen LogP contribution >= 0.6 is 0 Å². The summed E-state index contributed by atoms with van der Waals surface area (Å²) in [6.07, 6.45) is -1.27. The molecular weight excluding hydrogens is 448 g/mol. The van der Waals surface area contributed by atoms with E-state index >= 15 is 0 Å². The zero-order valence-corrected chi connectivity index (χ0v) is 19.1. The van der Waals surface area contributed by atoms with Gasteiger partial charge in [-0.25, -0.2) is 0 Å². The molecule has 34 heavy (non-hydrogen) atoms. The molecule has 12 nitrogen and oxygen atoms in total. The highest BCUT2D eigenvalue weighted by molar-refractivity contribution is 5.96. The quantitative estimate of drug-likeness (QED) is 0.212. The van der Waals surface area contributed by atoms with E-state index in [1.54, 1.807) is 44.2 Å². The lowest BCUT2D eigenvalue weighted by atomic mass is 9.99.